The number of hydrogen-bond acceptors (Lipinski definition) is 3. The van der Waals surface area contributed by atoms with Gasteiger partial charge in [0.1, 0.15) is 11.7 Å². The summed E-state index contributed by atoms with van der Waals surface area (Å²) in [4.78, 5) is 7.84. The maximum Gasteiger partial charge on any atom is 0.139 e. The van der Waals surface area contributed by atoms with Gasteiger partial charge in [-0.15, -0.1) is 0 Å². The first-order valence-corrected chi connectivity index (χ1v) is 8.11. The van der Waals surface area contributed by atoms with E-state index in [1.54, 1.807) is 10.9 Å². The monoisotopic (exact) mass is 327 g/mol. The number of aromatic nitrogens is 4. The molecule has 0 bridgehead atoms. The molecule has 5 nitrogen and oxygen atoms in total. The molecule has 25 heavy (non-hydrogen) atoms. The third-order valence-electron chi connectivity index (χ3n) is 4.28. The zero-order chi connectivity index (χ0) is 17.4. The van der Waals surface area contributed by atoms with Gasteiger partial charge < -0.3 is 4.98 Å². The molecule has 0 radical (unpaired) electrons. The predicted molar refractivity (Wildman–Crippen MR) is 97.0 cm³/mol. The molecule has 0 aliphatic heterocycles. The number of fused-ring (bicyclic) bond motifs is 1. The Kier molecular flexibility index (Phi) is 3.58. The highest BCUT2D eigenvalue weighted by atomic mass is 15.2. The van der Waals surface area contributed by atoms with Crippen LogP contribution in [0.1, 0.15) is 22.5 Å². The van der Waals surface area contributed by atoms with Gasteiger partial charge in [0.25, 0.3) is 0 Å². The molecule has 1 N–H and O–H groups in total. The molecule has 0 aliphatic rings. The summed E-state index contributed by atoms with van der Waals surface area (Å²) in [5, 5.41) is 14.8. The number of benzene rings is 1. The van der Waals surface area contributed by atoms with Gasteiger partial charge in [-0.05, 0) is 30.2 Å². The molecular weight excluding hydrogens is 310 g/mol. The van der Waals surface area contributed by atoms with Crippen molar-refractivity contribution in [1.82, 2.24) is 19.7 Å². The summed E-state index contributed by atoms with van der Waals surface area (Å²) in [6.45, 7) is 2.07. The molecule has 4 aromatic rings. The molecule has 0 spiro atoms. The van der Waals surface area contributed by atoms with Gasteiger partial charge in [0.15, 0.2) is 0 Å². The van der Waals surface area contributed by atoms with E-state index in [2.05, 4.69) is 47.3 Å². The molecule has 0 aliphatic carbocycles. The van der Waals surface area contributed by atoms with Gasteiger partial charge in [-0.1, -0.05) is 29.8 Å². The molecule has 0 unspecified atom stereocenters. The highest BCUT2D eigenvalue weighted by Crippen LogP contribution is 2.31. The summed E-state index contributed by atoms with van der Waals surface area (Å²) in [7, 11) is 1.91. The van der Waals surface area contributed by atoms with Crippen molar-refractivity contribution in [1.29, 1.82) is 5.26 Å². The molecule has 0 atom stereocenters. The zero-order valence-corrected chi connectivity index (χ0v) is 14.1. The molecule has 1 aromatic carbocycles. The number of H-pyrrole nitrogens is 1. The molecule has 0 amide bonds. The maximum absolute atomic E-state index is 9.45. The zero-order valence-electron chi connectivity index (χ0n) is 14.1. The van der Waals surface area contributed by atoms with Crippen LogP contribution in [0.4, 0.5) is 0 Å². The largest absolute Gasteiger partial charge is 0.345 e. The lowest BCUT2D eigenvalue weighted by Crippen LogP contribution is -1.97. The Morgan fingerprint density at radius 2 is 2.08 bits per heavy atom. The highest BCUT2D eigenvalue weighted by molar-refractivity contribution is 5.97. The van der Waals surface area contributed by atoms with Crippen molar-refractivity contribution in [2.75, 3.05) is 0 Å². The van der Waals surface area contributed by atoms with E-state index >= 15 is 0 Å². The van der Waals surface area contributed by atoms with Crippen molar-refractivity contribution >= 4 is 11.0 Å². The quantitative estimate of drug-likeness (QED) is 0.623. The Balaban J connectivity index is 1.91. The van der Waals surface area contributed by atoms with Crippen molar-refractivity contribution in [3.8, 4) is 17.2 Å². The van der Waals surface area contributed by atoms with E-state index in [1.807, 2.05) is 25.4 Å². The number of aromatic amines is 1. The minimum absolute atomic E-state index is 0.614. The van der Waals surface area contributed by atoms with Crippen LogP contribution in [0.2, 0.25) is 0 Å². The second-order valence-corrected chi connectivity index (χ2v) is 6.23. The van der Waals surface area contributed by atoms with E-state index in [1.165, 1.54) is 5.56 Å². The fourth-order valence-electron chi connectivity index (χ4n) is 3.15. The van der Waals surface area contributed by atoms with Crippen LogP contribution in [0.25, 0.3) is 22.2 Å². The summed E-state index contributed by atoms with van der Waals surface area (Å²) in [6, 6.07) is 14.6. The maximum atomic E-state index is 9.45. The van der Waals surface area contributed by atoms with Gasteiger partial charge in [0.05, 0.1) is 11.3 Å². The van der Waals surface area contributed by atoms with Gasteiger partial charge in [-0.25, -0.2) is 4.98 Å². The van der Waals surface area contributed by atoms with Gasteiger partial charge in [0.2, 0.25) is 0 Å². The lowest BCUT2D eigenvalue weighted by atomic mass is 9.98. The second kappa shape index (κ2) is 5.91. The SMILES string of the molecule is Cc1cccc(-c2cc(Cc3ccn(C)n3)nc3[nH]cc(C#N)c23)c1. The number of aryl methyl sites for hydroxylation is 2. The van der Waals surface area contributed by atoms with Crippen molar-refractivity contribution < 1.29 is 0 Å². The van der Waals surface area contributed by atoms with Crippen LogP contribution in [0.5, 0.6) is 0 Å². The summed E-state index contributed by atoms with van der Waals surface area (Å²) in [5.74, 6) is 0. The lowest BCUT2D eigenvalue weighted by molar-refractivity contribution is 0.747. The Labute approximate surface area is 145 Å². The van der Waals surface area contributed by atoms with Crippen molar-refractivity contribution in [2.24, 2.45) is 7.05 Å². The molecule has 4 rings (SSSR count). The van der Waals surface area contributed by atoms with Crippen molar-refractivity contribution in [3.63, 3.8) is 0 Å². The predicted octanol–water partition coefficient (Wildman–Crippen LogP) is 3.73. The average molecular weight is 327 g/mol. The minimum atomic E-state index is 0.614. The third kappa shape index (κ3) is 2.79. The fourth-order valence-corrected chi connectivity index (χ4v) is 3.15. The number of hydrogen-bond donors (Lipinski definition) is 1. The average Bonchev–Trinajstić information content (AvgIpc) is 3.20. The Hall–Kier alpha value is -3.39. The Bertz CT molecular complexity index is 1110. The van der Waals surface area contributed by atoms with Crippen LogP contribution in [-0.2, 0) is 13.5 Å². The van der Waals surface area contributed by atoms with Gasteiger partial charge in [-0.2, -0.15) is 10.4 Å². The van der Waals surface area contributed by atoms with E-state index in [4.69, 9.17) is 4.98 Å². The summed E-state index contributed by atoms with van der Waals surface area (Å²) in [5.41, 5.74) is 6.54. The van der Waals surface area contributed by atoms with Crippen LogP contribution < -0.4 is 0 Å². The Morgan fingerprint density at radius 1 is 1.20 bits per heavy atom. The number of nitrogens with zero attached hydrogens (tertiary/aromatic N) is 4. The third-order valence-corrected chi connectivity index (χ3v) is 4.28. The van der Waals surface area contributed by atoms with Crippen LogP contribution in [0.15, 0.2) is 48.8 Å². The molecule has 0 fully saturated rings. The Morgan fingerprint density at radius 3 is 2.80 bits per heavy atom. The number of nitrogens with one attached hydrogen (secondary N) is 1. The normalized spacial score (nSPS) is 10.9. The van der Waals surface area contributed by atoms with E-state index < -0.39 is 0 Å². The van der Waals surface area contributed by atoms with Crippen LogP contribution in [-0.4, -0.2) is 19.7 Å². The molecule has 122 valence electrons. The van der Waals surface area contributed by atoms with Gasteiger partial charge in [0, 0.05) is 36.9 Å². The van der Waals surface area contributed by atoms with Crippen molar-refractivity contribution in [3.05, 3.63) is 71.3 Å². The fraction of sp³-hybridized carbons (Fsp3) is 0.150. The standard InChI is InChI=1S/C20H17N5/c1-13-4-3-5-14(8-13)18-10-17(9-16-6-7-25(2)24-16)23-20-19(18)15(11-21)12-22-20/h3-8,10,12H,9H2,1-2H3,(H,22,23). The molecule has 3 aromatic heterocycles. The van der Waals surface area contributed by atoms with Crippen LogP contribution in [0.3, 0.4) is 0 Å². The number of pyridine rings is 1. The van der Waals surface area contributed by atoms with E-state index in [0.29, 0.717) is 12.0 Å². The smallest absolute Gasteiger partial charge is 0.139 e. The number of rotatable bonds is 3. The molecule has 0 saturated heterocycles. The molecule has 3 heterocycles. The lowest BCUT2D eigenvalue weighted by Gasteiger charge is -2.08. The molecular formula is C20H17N5. The highest BCUT2D eigenvalue weighted by Gasteiger charge is 2.14. The van der Waals surface area contributed by atoms with Gasteiger partial charge >= 0.3 is 0 Å². The minimum Gasteiger partial charge on any atom is -0.345 e. The summed E-state index contributed by atoms with van der Waals surface area (Å²) >= 11 is 0. The first-order chi connectivity index (χ1) is 12.1. The summed E-state index contributed by atoms with van der Waals surface area (Å²) < 4.78 is 1.79. The van der Waals surface area contributed by atoms with Crippen molar-refractivity contribution in [2.45, 2.75) is 13.3 Å². The summed E-state index contributed by atoms with van der Waals surface area (Å²) in [6.07, 6.45) is 4.30. The second-order valence-electron chi connectivity index (χ2n) is 6.23. The molecule has 5 heteroatoms. The first-order valence-electron chi connectivity index (χ1n) is 8.11. The van der Waals surface area contributed by atoms with E-state index in [0.717, 1.165) is 33.5 Å². The molecule has 0 saturated carbocycles. The van der Waals surface area contributed by atoms with Crippen LogP contribution in [0, 0.1) is 18.3 Å². The number of nitriles is 1. The topological polar surface area (TPSA) is 70.3 Å². The van der Waals surface area contributed by atoms with E-state index in [-0.39, 0.29) is 0 Å². The van der Waals surface area contributed by atoms with E-state index in [9.17, 15) is 5.26 Å². The van der Waals surface area contributed by atoms with Crippen LogP contribution >= 0.6 is 0 Å². The van der Waals surface area contributed by atoms with Gasteiger partial charge in [-0.3, -0.25) is 4.68 Å². The first kappa shape index (κ1) is 15.2.